The highest BCUT2D eigenvalue weighted by atomic mass is 16.5. The summed E-state index contributed by atoms with van der Waals surface area (Å²) in [6.07, 6.45) is 2.15. The molecule has 0 bridgehead atoms. The number of ether oxygens (including phenoxy) is 3. The first kappa shape index (κ1) is 16.8. The third-order valence-corrected chi connectivity index (χ3v) is 2.75. The van der Waals surface area contributed by atoms with Crippen LogP contribution in [0.2, 0.25) is 0 Å². The normalized spacial score (nSPS) is 12.2. The Morgan fingerprint density at radius 1 is 1.05 bits per heavy atom. The Hall–Kier alpha value is -1.26. The Bertz CT molecular complexity index is 340. The molecule has 4 nitrogen and oxygen atoms in total. The molecule has 0 spiro atoms. The summed E-state index contributed by atoms with van der Waals surface area (Å²) in [7, 11) is 1.69. The molecule has 1 unspecified atom stereocenters. The molecular formula is C16H27NO3. The van der Waals surface area contributed by atoms with Crippen molar-refractivity contribution in [2.45, 2.75) is 32.8 Å². The van der Waals surface area contributed by atoms with Gasteiger partial charge in [0.15, 0.2) is 0 Å². The van der Waals surface area contributed by atoms with Crippen molar-refractivity contribution >= 4 is 0 Å². The van der Waals surface area contributed by atoms with Gasteiger partial charge in [0, 0.05) is 13.7 Å². The second-order valence-electron chi connectivity index (χ2n) is 4.72. The molecule has 0 aliphatic carbocycles. The van der Waals surface area contributed by atoms with Crippen molar-refractivity contribution in [1.82, 2.24) is 5.32 Å². The molecule has 0 aliphatic rings. The van der Waals surface area contributed by atoms with E-state index in [2.05, 4.69) is 19.2 Å². The van der Waals surface area contributed by atoms with E-state index in [1.54, 1.807) is 7.11 Å². The number of hydrogen-bond donors (Lipinski definition) is 1. The molecule has 0 heterocycles. The van der Waals surface area contributed by atoms with E-state index in [-0.39, 0.29) is 6.10 Å². The van der Waals surface area contributed by atoms with Crippen molar-refractivity contribution in [1.29, 1.82) is 0 Å². The van der Waals surface area contributed by atoms with Gasteiger partial charge in [0.05, 0.1) is 13.2 Å². The number of methoxy groups -OCH3 is 1. The van der Waals surface area contributed by atoms with Crippen molar-refractivity contribution in [3.8, 4) is 11.5 Å². The Balaban J connectivity index is 2.45. The van der Waals surface area contributed by atoms with E-state index < -0.39 is 0 Å². The van der Waals surface area contributed by atoms with Gasteiger partial charge in [-0.25, -0.2) is 0 Å². The van der Waals surface area contributed by atoms with Crippen molar-refractivity contribution in [3.05, 3.63) is 24.3 Å². The molecule has 1 N–H and O–H groups in total. The lowest BCUT2D eigenvalue weighted by molar-refractivity contribution is 0.0807. The van der Waals surface area contributed by atoms with E-state index in [1.807, 2.05) is 24.3 Å². The van der Waals surface area contributed by atoms with Crippen molar-refractivity contribution in [3.63, 3.8) is 0 Å². The van der Waals surface area contributed by atoms with Crippen LogP contribution in [0.5, 0.6) is 11.5 Å². The maximum absolute atomic E-state index is 5.92. The molecule has 0 radical (unpaired) electrons. The van der Waals surface area contributed by atoms with Gasteiger partial charge < -0.3 is 19.5 Å². The monoisotopic (exact) mass is 281 g/mol. The smallest absolute Gasteiger partial charge is 0.134 e. The Morgan fingerprint density at radius 2 is 1.75 bits per heavy atom. The van der Waals surface area contributed by atoms with Crippen LogP contribution in [0.3, 0.4) is 0 Å². The SMILES string of the molecule is CCCNCC(COC)Oc1ccc(OCCC)cc1. The van der Waals surface area contributed by atoms with Crippen LogP contribution in [0.4, 0.5) is 0 Å². The summed E-state index contributed by atoms with van der Waals surface area (Å²) >= 11 is 0. The zero-order chi connectivity index (χ0) is 14.6. The fourth-order valence-corrected chi connectivity index (χ4v) is 1.79. The Morgan fingerprint density at radius 3 is 2.35 bits per heavy atom. The van der Waals surface area contributed by atoms with Gasteiger partial charge in [-0.15, -0.1) is 0 Å². The van der Waals surface area contributed by atoms with E-state index >= 15 is 0 Å². The van der Waals surface area contributed by atoms with Gasteiger partial charge in [0.1, 0.15) is 17.6 Å². The topological polar surface area (TPSA) is 39.7 Å². The summed E-state index contributed by atoms with van der Waals surface area (Å²) in [6.45, 7) is 7.34. The minimum absolute atomic E-state index is 0.0222. The first-order chi connectivity index (χ1) is 9.80. The van der Waals surface area contributed by atoms with Gasteiger partial charge in [-0.1, -0.05) is 13.8 Å². The summed E-state index contributed by atoms with van der Waals surface area (Å²) < 4.78 is 16.7. The second-order valence-corrected chi connectivity index (χ2v) is 4.72. The molecule has 0 aliphatic heterocycles. The standard InChI is InChI=1S/C16H27NO3/c1-4-10-17-12-16(13-18-3)20-15-8-6-14(7-9-15)19-11-5-2/h6-9,16-17H,4-5,10-13H2,1-3H3. The van der Waals surface area contributed by atoms with Crippen LogP contribution in [0.15, 0.2) is 24.3 Å². The number of hydrogen-bond acceptors (Lipinski definition) is 4. The molecule has 1 atom stereocenters. The van der Waals surface area contributed by atoms with Crippen LogP contribution in [0, 0.1) is 0 Å². The predicted molar refractivity (Wildman–Crippen MR) is 81.7 cm³/mol. The van der Waals surface area contributed by atoms with Gasteiger partial charge in [0.25, 0.3) is 0 Å². The van der Waals surface area contributed by atoms with E-state index in [1.165, 1.54) is 0 Å². The maximum Gasteiger partial charge on any atom is 0.134 e. The van der Waals surface area contributed by atoms with Crippen molar-refractivity contribution in [2.24, 2.45) is 0 Å². The molecular weight excluding hydrogens is 254 g/mol. The molecule has 1 aromatic rings. The molecule has 0 saturated carbocycles. The quantitative estimate of drug-likeness (QED) is 0.633. The summed E-state index contributed by atoms with van der Waals surface area (Å²) in [5.74, 6) is 1.72. The highest BCUT2D eigenvalue weighted by Gasteiger charge is 2.09. The summed E-state index contributed by atoms with van der Waals surface area (Å²) in [5.41, 5.74) is 0. The largest absolute Gasteiger partial charge is 0.494 e. The van der Waals surface area contributed by atoms with E-state index in [9.17, 15) is 0 Å². The fraction of sp³-hybridized carbons (Fsp3) is 0.625. The van der Waals surface area contributed by atoms with Crippen molar-refractivity contribution < 1.29 is 14.2 Å². The minimum Gasteiger partial charge on any atom is -0.494 e. The van der Waals surface area contributed by atoms with E-state index in [0.717, 1.165) is 44.0 Å². The molecule has 0 saturated heterocycles. The highest BCUT2D eigenvalue weighted by molar-refractivity contribution is 5.31. The molecule has 0 fully saturated rings. The van der Waals surface area contributed by atoms with Crippen LogP contribution >= 0.6 is 0 Å². The van der Waals surface area contributed by atoms with Gasteiger partial charge in [-0.2, -0.15) is 0 Å². The van der Waals surface area contributed by atoms with Crippen LogP contribution in [0.1, 0.15) is 26.7 Å². The third-order valence-electron chi connectivity index (χ3n) is 2.75. The summed E-state index contributed by atoms with van der Waals surface area (Å²) in [6, 6.07) is 7.75. The first-order valence-corrected chi connectivity index (χ1v) is 7.39. The van der Waals surface area contributed by atoms with Gasteiger partial charge in [0.2, 0.25) is 0 Å². The van der Waals surface area contributed by atoms with Gasteiger partial charge >= 0.3 is 0 Å². The third kappa shape index (κ3) is 6.78. The van der Waals surface area contributed by atoms with Crippen LogP contribution in [-0.4, -0.2) is 39.5 Å². The molecule has 1 rings (SSSR count). The van der Waals surface area contributed by atoms with E-state index in [4.69, 9.17) is 14.2 Å². The average molecular weight is 281 g/mol. The molecule has 0 amide bonds. The lowest BCUT2D eigenvalue weighted by atomic mass is 10.3. The predicted octanol–water partition coefficient (Wildman–Crippen LogP) is 2.87. The van der Waals surface area contributed by atoms with Crippen LogP contribution in [-0.2, 0) is 4.74 Å². The van der Waals surface area contributed by atoms with Crippen LogP contribution in [0.25, 0.3) is 0 Å². The highest BCUT2D eigenvalue weighted by Crippen LogP contribution is 2.18. The van der Waals surface area contributed by atoms with Crippen LogP contribution < -0.4 is 14.8 Å². The number of benzene rings is 1. The molecule has 4 heteroatoms. The lowest BCUT2D eigenvalue weighted by Gasteiger charge is -2.19. The first-order valence-electron chi connectivity index (χ1n) is 7.39. The Kier molecular flexibility index (Phi) is 8.83. The average Bonchev–Trinajstić information content (AvgIpc) is 2.47. The lowest BCUT2D eigenvalue weighted by Crippen LogP contribution is -2.35. The molecule has 1 aromatic carbocycles. The van der Waals surface area contributed by atoms with Gasteiger partial charge in [-0.05, 0) is 43.7 Å². The second kappa shape index (κ2) is 10.5. The number of nitrogens with one attached hydrogen (secondary N) is 1. The van der Waals surface area contributed by atoms with E-state index in [0.29, 0.717) is 6.61 Å². The fourth-order valence-electron chi connectivity index (χ4n) is 1.79. The zero-order valence-corrected chi connectivity index (χ0v) is 12.9. The summed E-state index contributed by atoms with van der Waals surface area (Å²) in [4.78, 5) is 0. The van der Waals surface area contributed by atoms with Crippen molar-refractivity contribution in [2.75, 3.05) is 33.4 Å². The molecule has 114 valence electrons. The number of rotatable bonds is 11. The van der Waals surface area contributed by atoms with Gasteiger partial charge in [-0.3, -0.25) is 0 Å². The molecule has 0 aromatic heterocycles. The summed E-state index contributed by atoms with van der Waals surface area (Å²) in [5, 5.41) is 3.35. The minimum atomic E-state index is 0.0222. The molecule has 20 heavy (non-hydrogen) atoms. The Labute approximate surface area is 122 Å². The zero-order valence-electron chi connectivity index (χ0n) is 12.9. The maximum atomic E-state index is 5.92.